The molecule has 0 radical (unpaired) electrons. The van der Waals surface area contributed by atoms with E-state index in [9.17, 15) is 14.4 Å². The molecule has 0 aromatic carbocycles. The largest absolute Gasteiger partial charge is 0.464 e. The lowest BCUT2D eigenvalue weighted by Gasteiger charge is -2.08. The Morgan fingerprint density at radius 1 is 1.36 bits per heavy atom. The maximum absolute atomic E-state index is 12.3. The number of carbonyl (C=O) groups is 3. The SMILES string of the molecule is COC(=O)c1cc(-c2csc(NC(=O)c3cn(CC(=O)N(C)C)nn3)n2)c[nH]1. The molecule has 0 fully saturated rings. The van der Waals surface area contributed by atoms with E-state index in [4.69, 9.17) is 0 Å². The average Bonchev–Trinajstić information content (AvgIpc) is 3.41. The zero-order valence-corrected chi connectivity index (χ0v) is 16.1. The van der Waals surface area contributed by atoms with Crippen LogP contribution in [0.4, 0.5) is 5.13 Å². The van der Waals surface area contributed by atoms with Gasteiger partial charge in [-0.3, -0.25) is 14.9 Å². The second kappa shape index (κ2) is 8.00. The van der Waals surface area contributed by atoms with Crippen molar-refractivity contribution in [3.8, 4) is 11.3 Å². The highest BCUT2D eigenvalue weighted by Gasteiger charge is 2.16. The molecule has 3 rings (SSSR count). The van der Waals surface area contributed by atoms with Gasteiger partial charge in [0.25, 0.3) is 5.91 Å². The number of amides is 2. The fourth-order valence-corrected chi connectivity index (χ4v) is 2.87. The second-order valence-electron chi connectivity index (χ2n) is 5.88. The number of hydrogen-bond acceptors (Lipinski definition) is 8. The number of aromatic nitrogens is 5. The third-order valence-corrected chi connectivity index (χ3v) is 4.43. The Morgan fingerprint density at radius 3 is 2.86 bits per heavy atom. The number of aromatic amines is 1. The lowest BCUT2D eigenvalue weighted by atomic mass is 10.2. The molecule has 3 heterocycles. The molecule has 28 heavy (non-hydrogen) atoms. The van der Waals surface area contributed by atoms with Gasteiger partial charge in [-0.2, -0.15) is 0 Å². The van der Waals surface area contributed by atoms with Crippen molar-refractivity contribution in [1.82, 2.24) is 29.9 Å². The van der Waals surface area contributed by atoms with Gasteiger partial charge in [-0.15, -0.1) is 16.4 Å². The fraction of sp³-hybridized carbons (Fsp3) is 0.250. The van der Waals surface area contributed by atoms with E-state index < -0.39 is 11.9 Å². The van der Waals surface area contributed by atoms with Crippen LogP contribution in [0, 0.1) is 0 Å². The molecule has 0 aliphatic rings. The summed E-state index contributed by atoms with van der Waals surface area (Å²) in [6, 6.07) is 1.61. The van der Waals surface area contributed by atoms with E-state index in [-0.39, 0.29) is 18.1 Å². The Bertz CT molecular complexity index is 1020. The smallest absolute Gasteiger partial charge is 0.354 e. The van der Waals surface area contributed by atoms with Crippen molar-refractivity contribution in [2.24, 2.45) is 0 Å². The van der Waals surface area contributed by atoms with Crippen LogP contribution in [-0.4, -0.2) is 68.9 Å². The van der Waals surface area contributed by atoms with E-state index in [1.807, 2.05) is 0 Å². The summed E-state index contributed by atoms with van der Waals surface area (Å²) in [6.45, 7) is -0.00923. The number of rotatable bonds is 6. The van der Waals surface area contributed by atoms with E-state index in [1.165, 1.54) is 34.2 Å². The van der Waals surface area contributed by atoms with Crippen molar-refractivity contribution in [2.75, 3.05) is 26.5 Å². The van der Waals surface area contributed by atoms with E-state index in [0.29, 0.717) is 22.1 Å². The molecule has 3 aromatic rings. The number of anilines is 1. The average molecular weight is 403 g/mol. The Labute approximate surface area is 163 Å². The minimum Gasteiger partial charge on any atom is -0.464 e. The van der Waals surface area contributed by atoms with Gasteiger partial charge in [0.1, 0.15) is 12.2 Å². The molecule has 0 atom stereocenters. The first-order chi connectivity index (χ1) is 13.4. The zero-order chi connectivity index (χ0) is 20.3. The Hall–Kier alpha value is -3.54. The Kier molecular flexibility index (Phi) is 5.49. The van der Waals surface area contributed by atoms with Gasteiger partial charge >= 0.3 is 5.97 Å². The highest BCUT2D eigenvalue weighted by atomic mass is 32.1. The molecule has 0 unspecified atom stereocenters. The minimum atomic E-state index is -0.492. The summed E-state index contributed by atoms with van der Waals surface area (Å²) in [5.41, 5.74) is 1.65. The lowest BCUT2D eigenvalue weighted by molar-refractivity contribution is -0.129. The summed E-state index contributed by atoms with van der Waals surface area (Å²) in [5.74, 6) is -1.14. The molecule has 0 aliphatic carbocycles. The van der Waals surface area contributed by atoms with Gasteiger partial charge in [-0.25, -0.2) is 14.5 Å². The number of methoxy groups -OCH3 is 1. The molecule has 0 aliphatic heterocycles. The summed E-state index contributed by atoms with van der Waals surface area (Å²) in [6.07, 6.45) is 3.01. The first kappa shape index (κ1) is 19.2. The molecule has 3 aromatic heterocycles. The molecule has 0 saturated heterocycles. The monoisotopic (exact) mass is 403 g/mol. The molecule has 2 amide bonds. The summed E-state index contributed by atoms with van der Waals surface area (Å²) in [7, 11) is 4.56. The van der Waals surface area contributed by atoms with Crippen LogP contribution in [0.15, 0.2) is 23.8 Å². The summed E-state index contributed by atoms with van der Waals surface area (Å²) in [5, 5.41) is 12.3. The molecular formula is C16H17N7O4S. The van der Waals surface area contributed by atoms with Crippen LogP contribution in [0.5, 0.6) is 0 Å². The van der Waals surface area contributed by atoms with E-state index in [1.54, 1.807) is 31.7 Å². The van der Waals surface area contributed by atoms with Crippen molar-refractivity contribution in [2.45, 2.75) is 6.54 Å². The number of ether oxygens (including phenoxy) is 1. The Balaban J connectivity index is 1.66. The van der Waals surface area contributed by atoms with Crippen molar-refractivity contribution >= 4 is 34.3 Å². The second-order valence-corrected chi connectivity index (χ2v) is 6.73. The molecular weight excluding hydrogens is 386 g/mol. The summed E-state index contributed by atoms with van der Waals surface area (Å²) >= 11 is 1.22. The maximum Gasteiger partial charge on any atom is 0.354 e. The van der Waals surface area contributed by atoms with Crippen LogP contribution in [0.25, 0.3) is 11.3 Å². The molecule has 0 spiro atoms. The molecule has 11 nitrogen and oxygen atoms in total. The van der Waals surface area contributed by atoms with Crippen LogP contribution in [0.3, 0.4) is 0 Å². The molecule has 2 N–H and O–H groups in total. The van der Waals surface area contributed by atoms with Gasteiger partial charge in [0.2, 0.25) is 5.91 Å². The third kappa shape index (κ3) is 4.23. The van der Waals surface area contributed by atoms with Gasteiger partial charge in [0.05, 0.1) is 19.0 Å². The van der Waals surface area contributed by atoms with Crippen LogP contribution in [0.2, 0.25) is 0 Å². The summed E-state index contributed by atoms with van der Waals surface area (Å²) in [4.78, 5) is 44.0. The van der Waals surface area contributed by atoms with Gasteiger partial charge < -0.3 is 14.6 Å². The standard InChI is InChI=1S/C16H17N7O4S/c1-22(2)13(24)7-23-6-11(20-21-23)14(25)19-16-18-12(8-28-16)9-4-10(17-5-9)15(26)27-3/h4-6,8,17H,7H2,1-3H3,(H,18,19,25). The highest BCUT2D eigenvalue weighted by molar-refractivity contribution is 7.14. The van der Waals surface area contributed by atoms with E-state index >= 15 is 0 Å². The topological polar surface area (TPSA) is 135 Å². The van der Waals surface area contributed by atoms with E-state index in [2.05, 4.69) is 30.3 Å². The number of hydrogen-bond donors (Lipinski definition) is 2. The predicted molar refractivity (Wildman–Crippen MR) is 99.9 cm³/mol. The van der Waals surface area contributed by atoms with Crippen molar-refractivity contribution < 1.29 is 19.1 Å². The van der Waals surface area contributed by atoms with Crippen LogP contribution >= 0.6 is 11.3 Å². The molecule has 0 bridgehead atoms. The van der Waals surface area contributed by atoms with Crippen LogP contribution < -0.4 is 5.32 Å². The van der Waals surface area contributed by atoms with Gasteiger partial charge in [-0.1, -0.05) is 5.21 Å². The maximum atomic E-state index is 12.3. The quantitative estimate of drug-likeness (QED) is 0.583. The molecule has 12 heteroatoms. The van der Waals surface area contributed by atoms with Crippen LogP contribution in [-0.2, 0) is 16.1 Å². The number of carbonyl (C=O) groups excluding carboxylic acids is 3. The number of H-pyrrole nitrogens is 1. The summed E-state index contributed by atoms with van der Waals surface area (Å²) < 4.78 is 5.94. The number of likely N-dealkylation sites (N-methyl/N-ethyl adjacent to an activating group) is 1. The number of nitrogens with zero attached hydrogens (tertiary/aromatic N) is 5. The predicted octanol–water partition coefficient (Wildman–Crippen LogP) is 0.857. The zero-order valence-electron chi connectivity index (χ0n) is 15.3. The van der Waals surface area contributed by atoms with Gasteiger partial charge in [-0.05, 0) is 6.07 Å². The molecule has 0 saturated carbocycles. The van der Waals surface area contributed by atoms with Crippen molar-refractivity contribution in [3.05, 3.63) is 35.2 Å². The lowest BCUT2D eigenvalue weighted by Crippen LogP contribution is -2.26. The third-order valence-electron chi connectivity index (χ3n) is 3.68. The van der Waals surface area contributed by atoms with Gasteiger partial charge in [0.15, 0.2) is 10.8 Å². The highest BCUT2D eigenvalue weighted by Crippen LogP contribution is 2.25. The minimum absolute atomic E-state index is 0.00923. The first-order valence-corrected chi connectivity index (χ1v) is 8.89. The fourth-order valence-electron chi connectivity index (χ4n) is 2.15. The van der Waals surface area contributed by atoms with Crippen molar-refractivity contribution in [3.63, 3.8) is 0 Å². The number of thiazole rings is 1. The van der Waals surface area contributed by atoms with Crippen LogP contribution in [0.1, 0.15) is 21.0 Å². The number of nitrogens with one attached hydrogen (secondary N) is 2. The number of esters is 1. The van der Waals surface area contributed by atoms with Gasteiger partial charge in [0, 0.05) is 31.2 Å². The molecule has 146 valence electrons. The van der Waals surface area contributed by atoms with Crippen molar-refractivity contribution in [1.29, 1.82) is 0 Å². The normalized spacial score (nSPS) is 10.5. The Morgan fingerprint density at radius 2 is 2.14 bits per heavy atom. The first-order valence-electron chi connectivity index (χ1n) is 8.01. The van der Waals surface area contributed by atoms with E-state index in [0.717, 1.165) is 0 Å².